The minimum atomic E-state index is -0.584. The van der Waals surface area contributed by atoms with Crippen LogP contribution in [-0.2, 0) is 9.53 Å². The number of thioether (sulfide) groups is 1. The number of hydrogen-bond donors (Lipinski definition) is 3. The van der Waals surface area contributed by atoms with E-state index < -0.39 is 17.8 Å². The van der Waals surface area contributed by atoms with Gasteiger partial charge in [0.05, 0.1) is 12.4 Å². The summed E-state index contributed by atoms with van der Waals surface area (Å²) in [4.78, 5) is 23.4. The minimum absolute atomic E-state index is 0.00747. The van der Waals surface area contributed by atoms with E-state index in [0.717, 1.165) is 11.8 Å². The second kappa shape index (κ2) is 8.39. The second-order valence-corrected chi connectivity index (χ2v) is 4.78. The van der Waals surface area contributed by atoms with Gasteiger partial charge in [0, 0.05) is 24.2 Å². The number of halogens is 1. The number of nitrogen functional groups attached to an aromatic ring is 1. The third-order valence-electron chi connectivity index (χ3n) is 2.18. The maximum absolute atomic E-state index is 12.8. The van der Waals surface area contributed by atoms with E-state index >= 15 is 0 Å². The highest BCUT2D eigenvalue weighted by atomic mass is 32.2. The molecule has 1 aromatic rings. The molecule has 8 heteroatoms. The van der Waals surface area contributed by atoms with Crippen LogP contribution >= 0.6 is 11.8 Å². The summed E-state index contributed by atoms with van der Waals surface area (Å²) in [5.41, 5.74) is 5.86. The first-order chi connectivity index (χ1) is 9.52. The van der Waals surface area contributed by atoms with E-state index in [1.54, 1.807) is 0 Å². The van der Waals surface area contributed by atoms with Crippen molar-refractivity contribution < 1.29 is 18.7 Å². The van der Waals surface area contributed by atoms with E-state index in [-0.39, 0.29) is 11.4 Å². The van der Waals surface area contributed by atoms with E-state index in [0.29, 0.717) is 18.0 Å². The first kappa shape index (κ1) is 16.3. The summed E-state index contributed by atoms with van der Waals surface area (Å²) in [7, 11) is 1.51. The molecule has 0 radical (unpaired) electrons. The van der Waals surface area contributed by atoms with Gasteiger partial charge in [0.1, 0.15) is 5.82 Å². The molecule has 0 saturated carbocycles. The zero-order valence-electron chi connectivity index (χ0n) is 10.9. The molecule has 0 saturated heterocycles. The van der Waals surface area contributed by atoms with Gasteiger partial charge >= 0.3 is 6.03 Å². The van der Waals surface area contributed by atoms with Gasteiger partial charge in [0.25, 0.3) is 0 Å². The number of methoxy groups -OCH3 is 1. The van der Waals surface area contributed by atoms with Crippen molar-refractivity contribution in [2.24, 2.45) is 0 Å². The lowest BCUT2D eigenvalue weighted by molar-refractivity contribution is -0.117. The van der Waals surface area contributed by atoms with Gasteiger partial charge in [0.15, 0.2) is 0 Å². The predicted molar refractivity (Wildman–Crippen MR) is 75.0 cm³/mol. The topological polar surface area (TPSA) is 93.5 Å². The molecule has 0 aliphatic heterocycles. The molecule has 0 heterocycles. The van der Waals surface area contributed by atoms with Gasteiger partial charge in [-0.15, -0.1) is 11.8 Å². The van der Waals surface area contributed by atoms with Crippen LogP contribution in [0.25, 0.3) is 0 Å². The molecule has 1 rings (SSSR count). The molecule has 3 amide bonds. The fourth-order valence-corrected chi connectivity index (χ4v) is 2.02. The number of rotatable bonds is 6. The van der Waals surface area contributed by atoms with Crippen LogP contribution in [0, 0.1) is 5.82 Å². The van der Waals surface area contributed by atoms with Crippen LogP contribution in [0.1, 0.15) is 0 Å². The maximum atomic E-state index is 12.8. The van der Waals surface area contributed by atoms with Crippen molar-refractivity contribution in [3.05, 3.63) is 24.0 Å². The Hall–Kier alpha value is -1.80. The summed E-state index contributed by atoms with van der Waals surface area (Å²) < 4.78 is 17.6. The monoisotopic (exact) mass is 301 g/mol. The molecular weight excluding hydrogens is 285 g/mol. The Balaban J connectivity index is 2.34. The third kappa shape index (κ3) is 5.89. The molecule has 0 spiro atoms. The van der Waals surface area contributed by atoms with Gasteiger partial charge in [-0.1, -0.05) is 0 Å². The summed E-state index contributed by atoms with van der Waals surface area (Å²) in [5, 5.41) is 4.61. The molecule has 0 aromatic heterocycles. The number of nitrogens with one attached hydrogen (secondary N) is 2. The fraction of sp³-hybridized carbons (Fsp3) is 0.333. The van der Waals surface area contributed by atoms with Gasteiger partial charge < -0.3 is 15.8 Å². The SMILES string of the molecule is COCCNC(=O)NC(=O)CSc1ccc(F)cc1N. The Morgan fingerprint density at radius 3 is 2.85 bits per heavy atom. The number of amides is 3. The Morgan fingerprint density at radius 1 is 1.45 bits per heavy atom. The van der Waals surface area contributed by atoms with Crippen LogP contribution in [0.3, 0.4) is 0 Å². The highest BCUT2D eigenvalue weighted by molar-refractivity contribution is 8.00. The smallest absolute Gasteiger partial charge is 0.321 e. The molecule has 0 unspecified atom stereocenters. The van der Waals surface area contributed by atoms with E-state index in [4.69, 9.17) is 10.5 Å². The average Bonchev–Trinajstić information content (AvgIpc) is 2.38. The van der Waals surface area contributed by atoms with Crippen molar-refractivity contribution >= 4 is 29.4 Å². The average molecular weight is 301 g/mol. The Morgan fingerprint density at radius 2 is 2.20 bits per heavy atom. The minimum Gasteiger partial charge on any atom is -0.398 e. The zero-order chi connectivity index (χ0) is 15.0. The molecule has 0 aliphatic carbocycles. The summed E-state index contributed by atoms with van der Waals surface area (Å²) >= 11 is 1.13. The van der Waals surface area contributed by atoms with Crippen molar-refractivity contribution in [3.63, 3.8) is 0 Å². The molecule has 110 valence electrons. The van der Waals surface area contributed by atoms with Crippen molar-refractivity contribution in [2.45, 2.75) is 4.90 Å². The number of ether oxygens (including phenoxy) is 1. The second-order valence-electron chi connectivity index (χ2n) is 3.77. The molecular formula is C12H16FN3O3S. The number of urea groups is 1. The summed E-state index contributed by atoms with van der Waals surface area (Å²) in [6, 6.07) is 3.34. The van der Waals surface area contributed by atoms with E-state index in [1.165, 1.54) is 25.3 Å². The van der Waals surface area contributed by atoms with Crippen LogP contribution in [0.4, 0.5) is 14.9 Å². The van der Waals surface area contributed by atoms with Crippen molar-refractivity contribution in [1.82, 2.24) is 10.6 Å². The lowest BCUT2D eigenvalue weighted by atomic mass is 10.3. The van der Waals surface area contributed by atoms with Gasteiger partial charge in [0.2, 0.25) is 5.91 Å². The number of carbonyl (C=O) groups is 2. The quantitative estimate of drug-likeness (QED) is 0.413. The molecule has 4 N–H and O–H groups in total. The first-order valence-corrected chi connectivity index (χ1v) is 6.76. The number of imide groups is 1. The molecule has 20 heavy (non-hydrogen) atoms. The highest BCUT2D eigenvalue weighted by Crippen LogP contribution is 2.25. The molecule has 0 bridgehead atoms. The number of benzene rings is 1. The summed E-state index contributed by atoms with van der Waals surface area (Å²) in [6.45, 7) is 0.677. The molecule has 1 aromatic carbocycles. The number of carbonyl (C=O) groups excluding carboxylic acids is 2. The summed E-state index contributed by atoms with van der Waals surface area (Å²) in [6.07, 6.45) is 0. The summed E-state index contributed by atoms with van der Waals surface area (Å²) in [5.74, 6) is -0.893. The van der Waals surface area contributed by atoms with Crippen LogP contribution in [0.15, 0.2) is 23.1 Å². The van der Waals surface area contributed by atoms with Crippen LogP contribution in [0.2, 0.25) is 0 Å². The van der Waals surface area contributed by atoms with E-state index in [9.17, 15) is 14.0 Å². The van der Waals surface area contributed by atoms with Crippen LogP contribution in [-0.4, -0.2) is 38.0 Å². The largest absolute Gasteiger partial charge is 0.398 e. The van der Waals surface area contributed by atoms with Crippen molar-refractivity contribution in [1.29, 1.82) is 0 Å². The van der Waals surface area contributed by atoms with Gasteiger partial charge in [-0.2, -0.15) is 0 Å². The standard InChI is InChI=1S/C12H16FN3O3S/c1-19-5-4-15-12(18)16-11(17)7-20-10-3-2-8(13)6-9(10)14/h2-3,6H,4-5,7,14H2,1H3,(H2,15,16,17,18). The highest BCUT2D eigenvalue weighted by Gasteiger charge is 2.09. The molecule has 0 aliphatic rings. The normalized spacial score (nSPS) is 10.1. The van der Waals surface area contributed by atoms with E-state index in [2.05, 4.69) is 10.6 Å². The van der Waals surface area contributed by atoms with Gasteiger partial charge in [-0.25, -0.2) is 9.18 Å². The van der Waals surface area contributed by atoms with Crippen LogP contribution in [0.5, 0.6) is 0 Å². The number of nitrogens with two attached hydrogens (primary N) is 1. The zero-order valence-corrected chi connectivity index (χ0v) is 11.8. The molecule has 0 atom stereocenters. The maximum Gasteiger partial charge on any atom is 0.321 e. The fourth-order valence-electron chi connectivity index (χ4n) is 1.27. The molecule has 0 fully saturated rings. The van der Waals surface area contributed by atoms with Crippen LogP contribution < -0.4 is 16.4 Å². The molecule has 6 nitrogen and oxygen atoms in total. The third-order valence-corrected chi connectivity index (χ3v) is 3.26. The first-order valence-electron chi connectivity index (χ1n) is 5.77. The number of hydrogen-bond acceptors (Lipinski definition) is 5. The lowest BCUT2D eigenvalue weighted by Crippen LogP contribution is -2.41. The van der Waals surface area contributed by atoms with Gasteiger partial charge in [-0.05, 0) is 18.2 Å². The number of anilines is 1. The Bertz CT molecular complexity index is 485. The van der Waals surface area contributed by atoms with E-state index in [1.807, 2.05) is 0 Å². The Kier molecular flexibility index (Phi) is 6.82. The predicted octanol–water partition coefficient (Wildman–Crippen LogP) is 0.972. The Labute approximate surface area is 120 Å². The van der Waals surface area contributed by atoms with Crippen molar-refractivity contribution in [2.75, 3.05) is 31.7 Å². The lowest BCUT2D eigenvalue weighted by Gasteiger charge is -2.07. The van der Waals surface area contributed by atoms with Crippen molar-refractivity contribution in [3.8, 4) is 0 Å². The van der Waals surface area contributed by atoms with Gasteiger partial charge in [-0.3, -0.25) is 10.1 Å².